The molecular formula is C6H10O2S. The molecule has 9 heavy (non-hydrogen) atoms. The Morgan fingerprint density at radius 1 is 1.89 bits per heavy atom. The summed E-state index contributed by atoms with van der Waals surface area (Å²) in [4.78, 5) is 10.3. The van der Waals surface area contributed by atoms with Crippen molar-refractivity contribution in [3.63, 3.8) is 0 Å². The molecule has 3 heteroatoms. The van der Waals surface area contributed by atoms with E-state index in [1.165, 1.54) is 18.7 Å². The Kier molecular flexibility index (Phi) is 4.22. The number of rotatable bonds is 3. The van der Waals surface area contributed by atoms with Gasteiger partial charge in [-0.3, -0.25) is 4.79 Å². The van der Waals surface area contributed by atoms with Gasteiger partial charge in [-0.2, -0.15) is 0 Å². The summed E-state index contributed by atoms with van der Waals surface area (Å²) in [6, 6.07) is 0. The predicted octanol–water partition coefficient (Wildman–Crippen LogP) is 1.42. The highest BCUT2D eigenvalue weighted by molar-refractivity contribution is 7.99. The van der Waals surface area contributed by atoms with Crippen molar-refractivity contribution >= 4 is 17.7 Å². The fraction of sp³-hybridized carbons (Fsp3) is 0.500. The normalized spacial score (nSPS) is 12.2. The summed E-state index contributed by atoms with van der Waals surface area (Å²) in [6.45, 7) is 4.87. The smallest absolute Gasteiger partial charge is 0.304 e. The molecule has 0 aromatic carbocycles. The second-order valence-corrected chi connectivity index (χ2v) is 2.39. The molecule has 0 spiro atoms. The van der Waals surface area contributed by atoms with E-state index in [1.54, 1.807) is 6.08 Å². The van der Waals surface area contributed by atoms with Gasteiger partial charge in [0, 0.05) is 6.92 Å². The molecule has 0 bridgehead atoms. The van der Waals surface area contributed by atoms with Gasteiger partial charge in [-0.1, -0.05) is 6.58 Å². The third-order valence-corrected chi connectivity index (χ3v) is 1.46. The highest BCUT2D eigenvalue weighted by atomic mass is 32.2. The second kappa shape index (κ2) is 4.44. The first-order valence-corrected chi connectivity index (χ1v) is 3.82. The summed E-state index contributed by atoms with van der Waals surface area (Å²) in [5.74, 6) is -0.269. The van der Waals surface area contributed by atoms with E-state index in [-0.39, 0.29) is 11.4 Å². The summed E-state index contributed by atoms with van der Waals surface area (Å²) in [7, 11) is 0. The number of hydrogen-bond donors (Lipinski definition) is 0. The third kappa shape index (κ3) is 4.09. The maximum atomic E-state index is 10.3. The zero-order valence-corrected chi connectivity index (χ0v) is 6.40. The molecule has 0 fully saturated rings. The molecule has 2 nitrogen and oxygen atoms in total. The van der Waals surface area contributed by atoms with Gasteiger partial charge in [0.1, 0.15) is 0 Å². The van der Waals surface area contributed by atoms with Gasteiger partial charge in [0.15, 0.2) is 5.44 Å². The lowest BCUT2D eigenvalue weighted by Gasteiger charge is -2.07. The van der Waals surface area contributed by atoms with Crippen molar-refractivity contribution in [3.8, 4) is 0 Å². The van der Waals surface area contributed by atoms with Crippen molar-refractivity contribution in [2.45, 2.75) is 12.4 Å². The average Bonchev–Trinajstić information content (AvgIpc) is 1.82. The molecule has 0 heterocycles. The van der Waals surface area contributed by atoms with Crippen LogP contribution in [-0.4, -0.2) is 17.7 Å². The maximum Gasteiger partial charge on any atom is 0.304 e. The van der Waals surface area contributed by atoms with Gasteiger partial charge < -0.3 is 4.74 Å². The van der Waals surface area contributed by atoms with Crippen LogP contribution in [0.25, 0.3) is 0 Å². The molecule has 0 saturated heterocycles. The van der Waals surface area contributed by atoms with E-state index in [2.05, 4.69) is 6.58 Å². The summed E-state index contributed by atoms with van der Waals surface area (Å²) in [5, 5.41) is 0. The lowest BCUT2D eigenvalue weighted by molar-refractivity contribution is -0.140. The Morgan fingerprint density at radius 3 is 2.56 bits per heavy atom. The lowest BCUT2D eigenvalue weighted by Crippen LogP contribution is -2.08. The minimum Gasteiger partial charge on any atom is -0.447 e. The van der Waals surface area contributed by atoms with Gasteiger partial charge >= 0.3 is 5.97 Å². The molecule has 0 amide bonds. The standard InChI is InChI=1S/C6H10O2S/c1-4-6(9-3)8-5(2)7/h4,6H,1H2,2-3H3. The van der Waals surface area contributed by atoms with Gasteiger partial charge in [0.2, 0.25) is 0 Å². The molecule has 52 valence electrons. The summed E-state index contributed by atoms with van der Waals surface area (Å²) in [6.07, 6.45) is 3.45. The number of esters is 1. The van der Waals surface area contributed by atoms with E-state index in [0.717, 1.165) is 0 Å². The third-order valence-electron chi connectivity index (χ3n) is 0.707. The zero-order chi connectivity index (χ0) is 7.28. The van der Waals surface area contributed by atoms with Gasteiger partial charge in [-0.05, 0) is 12.3 Å². The van der Waals surface area contributed by atoms with Crippen LogP contribution in [0, 0.1) is 0 Å². The first-order chi connectivity index (χ1) is 4.20. The number of carbonyl (C=O) groups is 1. The summed E-state index contributed by atoms with van der Waals surface area (Å²) < 4.78 is 4.75. The molecule has 1 unspecified atom stereocenters. The van der Waals surface area contributed by atoms with Crippen LogP contribution in [-0.2, 0) is 9.53 Å². The summed E-state index contributed by atoms with van der Waals surface area (Å²) >= 11 is 1.44. The van der Waals surface area contributed by atoms with Crippen molar-refractivity contribution in [1.29, 1.82) is 0 Å². The fourth-order valence-electron chi connectivity index (χ4n) is 0.356. The molecular weight excluding hydrogens is 136 g/mol. The Balaban J connectivity index is 3.55. The Morgan fingerprint density at radius 2 is 2.44 bits per heavy atom. The van der Waals surface area contributed by atoms with Gasteiger partial charge in [0.25, 0.3) is 0 Å². The van der Waals surface area contributed by atoms with Crippen molar-refractivity contribution in [2.75, 3.05) is 6.26 Å². The molecule has 0 saturated carbocycles. The maximum absolute atomic E-state index is 10.3. The number of ether oxygens (including phenoxy) is 1. The van der Waals surface area contributed by atoms with Crippen LogP contribution in [0.5, 0.6) is 0 Å². The van der Waals surface area contributed by atoms with Crippen LogP contribution in [0.1, 0.15) is 6.92 Å². The first-order valence-electron chi connectivity index (χ1n) is 2.53. The molecule has 0 N–H and O–H groups in total. The fourth-order valence-corrected chi connectivity index (χ4v) is 0.780. The van der Waals surface area contributed by atoms with Crippen molar-refractivity contribution in [1.82, 2.24) is 0 Å². The van der Waals surface area contributed by atoms with E-state index in [0.29, 0.717) is 0 Å². The quantitative estimate of drug-likeness (QED) is 0.342. The SMILES string of the molecule is C=CC(OC(C)=O)SC. The molecule has 1 atom stereocenters. The number of carbonyl (C=O) groups excluding carboxylic acids is 1. The minimum absolute atomic E-state index is 0.192. The minimum atomic E-state index is -0.269. The number of thioether (sulfide) groups is 1. The van der Waals surface area contributed by atoms with Crippen LogP contribution < -0.4 is 0 Å². The van der Waals surface area contributed by atoms with Crippen LogP contribution in [0.4, 0.5) is 0 Å². The van der Waals surface area contributed by atoms with Crippen molar-refractivity contribution in [3.05, 3.63) is 12.7 Å². The highest BCUT2D eigenvalue weighted by Gasteiger charge is 2.02. The zero-order valence-electron chi connectivity index (χ0n) is 5.59. The molecule has 0 rings (SSSR count). The molecule has 0 aromatic rings. The monoisotopic (exact) mass is 146 g/mol. The van der Waals surface area contributed by atoms with Crippen LogP contribution in [0.15, 0.2) is 12.7 Å². The van der Waals surface area contributed by atoms with Crippen LogP contribution >= 0.6 is 11.8 Å². The average molecular weight is 146 g/mol. The molecule has 0 aliphatic heterocycles. The second-order valence-electron chi connectivity index (χ2n) is 1.45. The molecule has 0 radical (unpaired) electrons. The molecule has 0 aromatic heterocycles. The lowest BCUT2D eigenvalue weighted by atomic mass is 10.7. The Bertz CT molecular complexity index is 112. The van der Waals surface area contributed by atoms with E-state index in [9.17, 15) is 4.79 Å². The predicted molar refractivity (Wildman–Crippen MR) is 39.3 cm³/mol. The van der Waals surface area contributed by atoms with E-state index >= 15 is 0 Å². The van der Waals surface area contributed by atoms with Gasteiger partial charge in [0.05, 0.1) is 0 Å². The van der Waals surface area contributed by atoms with E-state index < -0.39 is 0 Å². The Labute approximate surface area is 59.3 Å². The summed E-state index contributed by atoms with van der Waals surface area (Å²) in [5.41, 5.74) is -0.192. The van der Waals surface area contributed by atoms with Crippen LogP contribution in [0.3, 0.4) is 0 Å². The molecule has 0 aliphatic rings. The first kappa shape index (κ1) is 8.56. The highest BCUT2D eigenvalue weighted by Crippen LogP contribution is 2.08. The van der Waals surface area contributed by atoms with E-state index in [1.807, 2.05) is 6.26 Å². The largest absolute Gasteiger partial charge is 0.447 e. The van der Waals surface area contributed by atoms with Gasteiger partial charge in [-0.15, -0.1) is 11.8 Å². The topological polar surface area (TPSA) is 26.3 Å². The van der Waals surface area contributed by atoms with Crippen molar-refractivity contribution in [2.24, 2.45) is 0 Å². The van der Waals surface area contributed by atoms with Gasteiger partial charge in [-0.25, -0.2) is 0 Å². The number of hydrogen-bond acceptors (Lipinski definition) is 3. The Hall–Kier alpha value is -0.440. The van der Waals surface area contributed by atoms with E-state index in [4.69, 9.17) is 4.74 Å². The van der Waals surface area contributed by atoms with Crippen molar-refractivity contribution < 1.29 is 9.53 Å². The molecule has 0 aliphatic carbocycles. The van der Waals surface area contributed by atoms with Crippen LogP contribution in [0.2, 0.25) is 0 Å².